The van der Waals surface area contributed by atoms with Gasteiger partial charge in [-0.2, -0.15) is 9.13 Å². The molecule has 0 fully saturated rings. The second kappa shape index (κ2) is 24.2. The minimum atomic E-state index is -0.268. The van der Waals surface area contributed by atoms with Gasteiger partial charge >= 0.3 is 0 Å². The lowest BCUT2D eigenvalue weighted by Gasteiger charge is -2.15. The van der Waals surface area contributed by atoms with Crippen LogP contribution in [0.4, 0.5) is 11.4 Å². The van der Waals surface area contributed by atoms with Crippen LogP contribution >= 0.6 is 23.5 Å². The third-order valence-electron chi connectivity index (χ3n) is 12.2. The number of amides is 1. The number of nitrogens with one attached hydrogen (secondary N) is 3. The number of aromatic nitrogens is 2. The summed E-state index contributed by atoms with van der Waals surface area (Å²) in [7, 11) is 2.11. The van der Waals surface area contributed by atoms with Crippen LogP contribution in [0.5, 0.6) is 0 Å². The lowest BCUT2D eigenvalue weighted by Crippen LogP contribution is -2.47. The molecule has 9 nitrogen and oxygen atoms in total. The van der Waals surface area contributed by atoms with Crippen molar-refractivity contribution in [2.75, 3.05) is 50.1 Å². The van der Waals surface area contributed by atoms with Gasteiger partial charge in [-0.05, 0) is 78.9 Å². The summed E-state index contributed by atoms with van der Waals surface area (Å²) >= 11 is 3.54. The first-order chi connectivity index (χ1) is 33.0. The van der Waals surface area contributed by atoms with Gasteiger partial charge in [0.25, 0.3) is 0 Å². The van der Waals surface area contributed by atoms with Crippen LogP contribution < -0.4 is 30.0 Å². The van der Waals surface area contributed by atoms with Gasteiger partial charge in [-0.3, -0.25) is 9.59 Å². The number of aryl methyl sites for hydroxylation is 1. The third kappa shape index (κ3) is 12.5. The van der Waals surface area contributed by atoms with Crippen LogP contribution in [0.15, 0.2) is 166 Å². The number of hydrogen-bond acceptors (Lipinski definition) is 8. The number of anilines is 2. The fourth-order valence-corrected chi connectivity index (χ4v) is 10.6. The van der Waals surface area contributed by atoms with Crippen LogP contribution in [-0.2, 0) is 20.9 Å². The van der Waals surface area contributed by atoms with E-state index in [-0.39, 0.29) is 24.3 Å². The zero-order chi connectivity index (χ0) is 46.2. The molecule has 8 rings (SSSR count). The minimum Gasteiger partial charge on any atom is -0.378 e. The number of pyridine rings is 2. The van der Waals surface area contributed by atoms with E-state index in [4.69, 9.17) is 4.74 Å². The van der Waals surface area contributed by atoms with Gasteiger partial charge in [-0.1, -0.05) is 110 Å². The molecule has 3 N–H and O–H groups in total. The number of fused-ring (bicyclic) bond motifs is 4. The molecule has 1 atom stereocenters. The summed E-state index contributed by atoms with van der Waals surface area (Å²) in [5, 5.41) is 14.4. The lowest BCUT2D eigenvalue weighted by molar-refractivity contribution is -0.684. The number of unbranched alkanes of at least 4 members (excludes halogenated alkanes) is 3. The second-order valence-corrected chi connectivity index (χ2v) is 19.0. The van der Waals surface area contributed by atoms with Crippen molar-refractivity contribution >= 4 is 80.5 Å². The smallest absolute Gasteiger partial charge is 0.220 e. The summed E-state index contributed by atoms with van der Waals surface area (Å²) in [5.74, 6) is 0.216. The normalized spacial score (nSPS) is 15.0. The van der Waals surface area contributed by atoms with Crippen LogP contribution in [0.25, 0.3) is 34.0 Å². The topological polar surface area (TPSA) is 90.5 Å². The number of ether oxygens (including phenoxy) is 1. The van der Waals surface area contributed by atoms with E-state index in [1.54, 1.807) is 23.5 Å². The van der Waals surface area contributed by atoms with E-state index >= 15 is 0 Å². The SMILES string of the molecule is CCCCC(C(=O)CNCCOCCNC(=O)CCCCC[n+]1ccc(C=CC=C2Nc3ccccc3S2)c2ccccc21)[n+]1ccc(C=CC=C2Sc3ccccc3N2C)c2ccccc21. The molecular formula is C56H62N6O3S2+2. The number of carbonyl (C=O) groups excluding carboxylic acids is 2. The molecule has 1 amide bonds. The largest absolute Gasteiger partial charge is 0.378 e. The standard InChI is InChI=1S/C56H60N6O3S2/c1-3-4-23-49(62-38-33-43(45-21-8-11-25-48(45)62)19-17-31-56-60(2)50-26-12-14-28-53(50)67-56)51(63)41-57-34-39-65-40-35-58-54(64)29-6-5-15-36-61-37-32-42(44-20-7-10-24-47(44)61)18-16-30-55-59-46-22-9-13-27-52(46)66-55/h7-14,16-22,24-28,30-33,37-38,49,57H,3-6,15,23,29,34-36,39-41H2,1-2H3/p+2. The highest BCUT2D eigenvalue weighted by atomic mass is 32.2. The monoisotopic (exact) mass is 930 g/mol. The maximum Gasteiger partial charge on any atom is 0.220 e. The lowest BCUT2D eigenvalue weighted by atomic mass is 10.0. The van der Waals surface area contributed by atoms with Crippen LogP contribution in [0, 0.1) is 0 Å². The Balaban J connectivity index is 0.720. The number of benzene rings is 4. The van der Waals surface area contributed by atoms with E-state index in [1.165, 1.54) is 37.0 Å². The van der Waals surface area contributed by atoms with Gasteiger partial charge in [0, 0.05) is 73.5 Å². The molecule has 2 aromatic heterocycles. The maximum absolute atomic E-state index is 13.8. The Morgan fingerprint density at radius 2 is 1.45 bits per heavy atom. The van der Waals surface area contributed by atoms with Crippen LogP contribution in [-0.4, -0.2) is 51.6 Å². The molecule has 4 aromatic carbocycles. The number of nitrogens with zero attached hydrogens (tertiary/aromatic N) is 3. The quantitative estimate of drug-likeness (QED) is 0.0432. The Bertz CT molecular complexity index is 2770. The summed E-state index contributed by atoms with van der Waals surface area (Å²) in [6.07, 6.45) is 23.2. The van der Waals surface area contributed by atoms with Crippen molar-refractivity contribution in [3.05, 3.63) is 167 Å². The first-order valence-corrected chi connectivity index (χ1v) is 25.3. The Labute approximate surface area is 404 Å². The highest BCUT2D eigenvalue weighted by molar-refractivity contribution is 8.04. The fraction of sp³-hybridized carbons (Fsp3) is 0.286. The van der Waals surface area contributed by atoms with Crippen molar-refractivity contribution in [3.8, 4) is 0 Å². The molecule has 0 saturated heterocycles. The summed E-state index contributed by atoms with van der Waals surface area (Å²) in [6, 6.07) is 37.8. The number of ketones is 1. The van der Waals surface area contributed by atoms with Crippen molar-refractivity contribution in [1.82, 2.24) is 10.6 Å². The number of allylic oxidation sites excluding steroid dienone is 4. The zero-order valence-electron chi connectivity index (χ0n) is 38.7. The minimum absolute atomic E-state index is 0.0542. The van der Waals surface area contributed by atoms with E-state index in [0.717, 1.165) is 72.3 Å². The first kappa shape index (κ1) is 47.5. The maximum atomic E-state index is 13.8. The molecule has 0 spiro atoms. The van der Waals surface area contributed by atoms with E-state index in [2.05, 4.69) is 196 Å². The molecule has 0 aliphatic carbocycles. The highest BCUT2D eigenvalue weighted by Crippen LogP contribution is 2.44. The Hall–Kier alpha value is -5.98. The number of Topliss-reactive ketones (excluding diaryl/α,β-unsaturated/α-hetero) is 1. The zero-order valence-corrected chi connectivity index (χ0v) is 40.3. The molecule has 2 aliphatic heterocycles. The summed E-state index contributed by atoms with van der Waals surface area (Å²) in [5.41, 5.74) is 6.94. The molecule has 6 aromatic rings. The van der Waals surface area contributed by atoms with Crippen molar-refractivity contribution in [2.24, 2.45) is 0 Å². The van der Waals surface area contributed by atoms with Gasteiger partial charge in [-0.25, -0.2) is 0 Å². The van der Waals surface area contributed by atoms with Crippen molar-refractivity contribution in [1.29, 1.82) is 0 Å². The predicted octanol–water partition coefficient (Wildman–Crippen LogP) is 11.0. The molecule has 67 heavy (non-hydrogen) atoms. The molecule has 11 heteroatoms. The Kier molecular flexibility index (Phi) is 17.1. The van der Waals surface area contributed by atoms with Gasteiger partial charge in [0.05, 0.1) is 52.0 Å². The molecule has 2 aliphatic rings. The Morgan fingerprint density at radius 3 is 2.25 bits per heavy atom. The van der Waals surface area contributed by atoms with E-state index < -0.39 is 0 Å². The van der Waals surface area contributed by atoms with Gasteiger partial charge < -0.3 is 25.6 Å². The summed E-state index contributed by atoms with van der Waals surface area (Å²) < 4.78 is 10.3. The number of para-hydroxylation sites is 4. The number of thioether (sulfide) groups is 2. The molecule has 4 heterocycles. The average molecular weight is 931 g/mol. The summed E-state index contributed by atoms with van der Waals surface area (Å²) in [4.78, 5) is 31.1. The van der Waals surface area contributed by atoms with Crippen molar-refractivity contribution < 1.29 is 23.5 Å². The Morgan fingerprint density at radius 1 is 0.746 bits per heavy atom. The first-order valence-electron chi connectivity index (χ1n) is 23.7. The molecule has 0 saturated carbocycles. The van der Waals surface area contributed by atoms with Gasteiger partial charge in [0.15, 0.2) is 12.4 Å². The number of rotatable bonds is 23. The van der Waals surface area contributed by atoms with E-state index in [9.17, 15) is 9.59 Å². The van der Waals surface area contributed by atoms with Crippen molar-refractivity contribution in [2.45, 2.75) is 74.2 Å². The van der Waals surface area contributed by atoms with Crippen molar-refractivity contribution in [3.63, 3.8) is 0 Å². The van der Waals surface area contributed by atoms with E-state index in [1.807, 2.05) is 6.07 Å². The van der Waals surface area contributed by atoms with E-state index in [0.29, 0.717) is 32.7 Å². The number of carbonyl (C=O) groups is 2. The fourth-order valence-electron chi connectivity index (χ4n) is 8.61. The van der Waals surface area contributed by atoms with Gasteiger partial charge in [0.1, 0.15) is 6.54 Å². The average Bonchev–Trinajstić information content (AvgIpc) is 3.92. The van der Waals surface area contributed by atoms with Crippen LogP contribution in [0.3, 0.4) is 0 Å². The summed E-state index contributed by atoms with van der Waals surface area (Å²) in [6.45, 7) is 5.25. The van der Waals surface area contributed by atoms with Crippen LogP contribution in [0.1, 0.15) is 69.0 Å². The highest BCUT2D eigenvalue weighted by Gasteiger charge is 2.29. The molecule has 344 valence electrons. The molecule has 1 unspecified atom stereocenters. The number of hydrogen-bond donors (Lipinski definition) is 3. The second-order valence-electron chi connectivity index (χ2n) is 16.9. The molecular weight excluding hydrogens is 869 g/mol. The van der Waals surface area contributed by atoms with Gasteiger partial charge in [0.2, 0.25) is 28.8 Å². The van der Waals surface area contributed by atoms with Gasteiger partial charge in [-0.15, -0.1) is 0 Å². The predicted molar refractivity (Wildman–Crippen MR) is 278 cm³/mol. The molecule has 0 radical (unpaired) electrons. The third-order valence-corrected chi connectivity index (χ3v) is 14.4. The molecule has 0 bridgehead atoms. The van der Waals surface area contributed by atoms with Crippen LogP contribution in [0.2, 0.25) is 0 Å².